The molecule has 0 aliphatic carbocycles. The summed E-state index contributed by atoms with van der Waals surface area (Å²) >= 11 is 0. The molecule has 0 aromatic rings. The molecule has 2 unspecified atom stereocenters. The maximum absolute atomic E-state index is 12.2. The number of rotatable bonds is 5. The fourth-order valence-corrected chi connectivity index (χ4v) is 2.04. The van der Waals surface area contributed by atoms with Crippen LogP contribution in [0.25, 0.3) is 0 Å². The van der Waals surface area contributed by atoms with Gasteiger partial charge >= 0.3 is 0 Å². The minimum atomic E-state index is -0.277. The normalized spacial score (nSPS) is 25.1. The van der Waals surface area contributed by atoms with Crippen molar-refractivity contribution in [3.8, 4) is 0 Å². The molecular formula is C12H23NO3. The number of hydrogen-bond acceptors (Lipinski definition) is 3. The number of carbonyl (C=O) groups excluding carboxylic acids is 1. The van der Waals surface area contributed by atoms with E-state index in [9.17, 15) is 4.79 Å². The van der Waals surface area contributed by atoms with E-state index in [2.05, 4.69) is 6.92 Å². The van der Waals surface area contributed by atoms with Gasteiger partial charge in [0.25, 0.3) is 5.91 Å². The van der Waals surface area contributed by atoms with Crippen molar-refractivity contribution in [2.75, 3.05) is 19.8 Å². The highest BCUT2D eigenvalue weighted by Crippen LogP contribution is 2.22. The molecule has 16 heavy (non-hydrogen) atoms. The molecule has 1 amide bonds. The zero-order chi connectivity index (χ0) is 12.1. The molecule has 0 saturated carbocycles. The van der Waals surface area contributed by atoms with Gasteiger partial charge in [-0.05, 0) is 32.6 Å². The lowest BCUT2D eigenvalue weighted by atomic mass is 10.0. The van der Waals surface area contributed by atoms with Gasteiger partial charge in [-0.3, -0.25) is 4.79 Å². The Kier molecular flexibility index (Phi) is 5.22. The zero-order valence-electron chi connectivity index (χ0n) is 10.5. The summed E-state index contributed by atoms with van der Waals surface area (Å²) < 4.78 is 5.48. The van der Waals surface area contributed by atoms with Gasteiger partial charge in [0, 0.05) is 25.8 Å². The Labute approximate surface area is 97.6 Å². The fraction of sp³-hybridized carbons (Fsp3) is 0.917. The van der Waals surface area contributed by atoms with Crippen LogP contribution in [0.1, 0.15) is 33.6 Å². The maximum Gasteiger partial charge on any atom is 0.252 e. The molecule has 0 bridgehead atoms. The molecule has 2 atom stereocenters. The first-order valence-corrected chi connectivity index (χ1v) is 6.11. The van der Waals surface area contributed by atoms with E-state index >= 15 is 0 Å². The van der Waals surface area contributed by atoms with Gasteiger partial charge in [0.15, 0.2) is 0 Å². The van der Waals surface area contributed by atoms with Crippen LogP contribution in [0.4, 0.5) is 0 Å². The molecule has 1 fully saturated rings. The molecule has 1 saturated heterocycles. The molecule has 0 spiro atoms. The van der Waals surface area contributed by atoms with E-state index in [0.717, 1.165) is 6.42 Å². The third-order valence-electron chi connectivity index (χ3n) is 3.09. The lowest BCUT2D eigenvalue weighted by molar-refractivity contribution is -0.144. The Morgan fingerprint density at radius 1 is 1.56 bits per heavy atom. The molecule has 0 aromatic heterocycles. The van der Waals surface area contributed by atoms with Crippen molar-refractivity contribution >= 4 is 5.91 Å². The largest absolute Gasteiger partial charge is 0.396 e. The summed E-state index contributed by atoms with van der Waals surface area (Å²) in [4.78, 5) is 14.0. The summed E-state index contributed by atoms with van der Waals surface area (Å²) in [6.07, 6.45) is 1.31. The van der Waals surface area contributed by atoms with Gasteiger partial charge < -0.3 is 14.7 Å². The van der Waals surface area contributed by atoms with Crippen molar-refractivity contribution in [2.45, 2.75) is 45.8 Å². The molecule has 1 aliphatic heterocycles. The molecule has 4 nitrogen and oxygen atoms in total. The number of amides is 1. The molecule has 1 N–H and O–H groups in total. The number of carbonyl (C=O) groups is 1. The quantitative estimate of drug-likeness (QED) is 0.766. The van der Waals surface area contributed by atoms with Gasteiger partial charge in [-0.2, -0.15) is 0 Å². The highest BCUT2D eigenvalue weighted by Gasteiger charge is 2.34. The van der Waals surface area contributed by atoms with Gasteiger partial charge in [-0.25, -0.2) is 0 Å². The minimum absolute atomic E-state index is 0.0773. The first-order valence-electron chi connectivity index (χ1n) is 6.11. The highest BCUT2D eigenvalue weighted by atomic mass is 16.5. The SMILES string of the molecule is CC1CCOC1C(=O)N(CCCO)C(C)C. The number of hydrogen-bond donors (Lipinski definition) is 1. The van der Waals surface area contributed by atoms with E-state index in [4.69, 9.17) is 9.84 Å². The standard InChI is InChI=1S/C12H23NO3/c1-9(2)13(6-4-7-14)12(15)11-10(3)5-8-16-11/h9-11,14H,4-8H2,1-3H3. The van der Waals surface area contributed by atoms with E-state index in [1.54, 1.807) is 0 Å². The fourth-order valence-electron chi connectivity index (χ4n) is 2.04. The smallest absolute Gasteiger partial charge is 0.252 e. The van der Waals surface area contributed by atoms with Crippen molar-refractivity contribution in [3.63, 3.8) is 0 Å². The first kappa shape index (κ1) is 13.5. The summed E-state index contributed by atoms with van der Waals surface area (Å²) in [6, 6.07) is 0.162. The maximum atomic E-state index is 12.2. The Balaban J connectivity index is 2.59. The molecular weight excluding hydrogens is 206 g/mol. The number of nitrogens with zero attached hydrogens (tertiary/aromatic N) is 1. The lowest BCUT2D eigenvalue weighted by Gasteiger charge is -2.30. The van der Waals surface area contributed by atoms with Crippen molar-refractivity contribution in [2.24, 2.45) is 5.92 Å². The average Bonchev–Trinajstić information content (AvgIpc) is 2.64. The van der Waals surface area contributed by atoms with Gasteiger partial charge in [0.05, 0.1) is 0 Å². The topological polar surface area (TPSA) is 49.8 Å². The lowest BCUT2D eigenvalue weighted by Crippen LogP contribution is -2.45. The van der Waals surface area contributed by atoms with Crippen LogP contribution in [0.15, 0.2) is 0 Å². The van der Waals surface area contributed by atoms with E-state index in [0.29, 0.717) is 25.5 Å². The van der Waals surface area contributed by atoms with Gasteiger partial charge in [0.2, 0.25) is 0 Å². The van der Waals surface area contributed by atoms with Crippen molar-refractivity contribution in [1.82, 2.24) is 4.90 Å². The second kappa shape index (κ2) is 6.21. The van der Waals surface area contributed by atoms with Crippen LogP contribution in [-0.2, 0) is 9.53 Å². The summed E-state index contributed by atoms with van der Waals surface area (Å²) in [5.74, 6) is 0.385. The Hall–Kier alpha value is -0.610. The van der Waals surface area contributed by atoms with Crippen LogP contribution in [0.5, 0.6) is 0 Å². The highest BCUT2D eigenvalue weighted by molar-refractivity contribution is 5.81. The van der Waals surface area contributed by atoms with Crippen LogP contribution in [0.3, 0.4) is 0 Å². The van der Waals surface area contributed by atoms with Crippen molar-refractivity contribution in [1.29, 1.82) is 0 Å². The summed E-state index contributed by atoms with van der Waals surface area (Å²) in [5.41, 5.74) is 0. The second-order valence-corrected chi connectivity index (χ2v) is 4.76. The molecule has 0 radical (unpaired) electrons. The molecule has 1 heterocycles. The van der Waals surface area contributed by atoms with Crippen molar-refractivity contribution < 1.29 is 14.6 Å². The molecule has 4 heteroatoms. The first-order chi connectivity index (χ1) is 7.57. The van der Waals surface area contributed by atoms with Gasteiger partial charge in [-0.15, -0.1) is 0 Å². The number of aliphatic hydroxyl groups is 1. The molecule has 1 aliphatic rings. The van der Waals surface area contributed by atoms with Crippen LogP contribution < -0.4 is 0 Å². The van der Waals surface area contributed by atoms with E-state index in [-0.39, 0.29) is 24.7 Å². The Morgan fingerprint density at radius 3 is 2.69 bits per heavy atom. The van der Waals surface area contributed by atoms with Gasteiger partial charge in [-0.1, -0.05) is 6.92 Å². The number of aliphatic hydroxyl groups excluding tert-OH is 1. The molecule has 0 aromatic carbocycles. The molecule has 94 valence electrons. The summed E-state index contributed by atoms with van der Waals surface area (Å²) in [7, 11) is 0. The Bertz CT molecular complexity index is 230. The predicted octanol–water partition coefficient (Wildman–Crippen LogP) is 1.03. The third-order valence-corrected chi connectivity index (χ3v) is 3.09. The van der Waals surface area contributed by atoms with Crippen LogP contribution in [0, 0.1) is 5.92 Å². The van der Waals surface area contributed by atoms with Crippen molar-refractivity contribution in [3.05, 3.63) is 0 Å². The molecule has 1 rings (SSSR count). The summed E-state index contributed by atoms with van der Waals surface area (Å²) in [6.45, 7) is 7.46. The minimum Gasteiger partial charge on any atom is -0.396 e. The predicted molar refractivity (Wildman–Crippen MR) is 62.1 cm³/mol. The van der Waals surface area contributed by atoms with Crippen LogP contribution in [-0.4, -0.2) is 47.8 Å². The zero-order valence-corrected chi connectivity index (χ0v) is 10.5. The monoisotopic (exact) mass is 229 g/mol. The third kappa shape index (κ3) is 3.19. The number of ether oxygens (including phenoxy) is 1. The van der Waals surface area contributed by atoms with E-state index in [1.807, 2.05) is 18.7 Å². The Morgan fingerprint density at radius 2 is 2.25 bits per heavy atom. The average molecular weight is 229 g/mol. The van der Waals surface area contributed by atoms with Crippen LogP contribution in [0.2, 0.25) is 0 Å². The second-order valence-electron chi connectivity index (χ2n) is 4.76. The summed E-state index contributed by atoms with van der Waals surface area (Å²) in [5, 5.41) is 8.83. The van der Waals surface area contributed by atoms with Crippen LogP contribution >= 0.6 is 0 Å². The van der Waals surface area contributed by atoms with E-state index < -0.39 is 0 Å². The van der Waals surface area contributed by atoms with Gasteiger partial charge in [0.1, 0.15) is 6.10 Å². The van der Waals surface area contributed by atoms with E-state index in [1.165, 1.54) is 0 Å².